The van der Waals surface area contributed by atoms with Crippen LogP contribution in [-0.4, -0.2) is 44.7 Å². The third-order valence-electron chi connectivity index (χ3n) is 5.92. The Bertz CT molecular complexity index is 1110. The third-order valence-corrected chi connectivity index (χ3v) is 5.92. The number of hydrogen-bond donors (Lipinski definition) is 3. The highest BCUT2D eigenvalue weighted by molar-refractivity contribution is 5.93. The summed E-state index contributed by atoms with van der Waals surface area (Å²) in [6.45, 7) is 7.22. The molecular formula is C29H37N3O4. The number of aliphatic hydroxyl groups excluding tert-OH is 1. The van der Waals surface area contributed by atoms with Crippen LogP contribution in [0.4, 0.5) is 4.79 Å². The molecule has 7 nitrogen and oxygen atoms in total. The van der Waals surface area contributed by atoms with Crippen molar-refractivity contribution in [2.45, 2.75) is 77.0 Å². The Hall–Kier alpha value is -3.45. The number of nitrogens with zero attached hydrogens (tertiary/aromatic N) is 1. The average molecular weight is 492 g/mol. The fraction of sp³-hybridized carbons (Fsp3) is 0.414. The van der Waals surface area contributed by atoms with Crippen LogP contribution in [0, 0.1) is 0 Å². The maximum Gasteiger partial charge on any atom is 0.407 e. The van der Waals surface area contributed by atoms with E-state index in [0.29, 0.717) is 37.2 Å². The van der Waals surface area contributed by atoms with Crippen LogP contribution in [0.2, 0.25) is 0 Å². The van der Waals surface area contributed by atoms with Crippen molar-refractivity contribution in [3.8, 4) is 0 Å². The molecule has 0 saturated carbocycles. The first-order valence-corrected chi connectivity index (χ1v) is 12.5. The molecule has 1 aromatic heterocycles. The standard InChI is InChI=1S/C29H37N3O4/c1-5-25(33)24-19-30-27(31-24)22(16-20-12-8-6-9-13-20)18-26(34)23(17-21-14-10-7-11-15-21)32-28(35)36-29(2,3)4/h6-15,19,22-23,26,34H,5,16-18H2,1-4H3,(H,30,31)(H,32,35)/t22-,23-,26+/m1/s1. The topological polar surface area (TPSA) is 104 Å². The normalized spacial score (nSPS) is 14.0. The molecule has 0 saturated heterocycles. The van der Waals surface area contributed by atoms with Crippen molar-refractivity contribution >= 4 is 11.9 Å². The summed E-state index contributed by atoms with van der Waals surface area (Å²) in [4.78, 5) is 32.5. The van der Waals surface area contributed by atoms with E-state index < -0.39 is 23.8 Å². The summed E-state index contributed by atoms with van der Waals surface area (Å²) in [5.41, 5.74) is 1.89. The number of ether oxygens (including phenoxy) is 1. The van der Waals surface area contributed by atoms with Gasteiger partial charge in [-0.15, -0.1) is 0 Å². The van der Waals surface area contributed by atoms with Gasteiger partial charge in [0, 0.05) is 12.3 Å². The fourth-order valence-corrected chi connectivity index (χ4v) is 4.13. The van der Waals surface area contributed by atoms with Gasteiger partial charge in [-0.05, 0) is 51.2 Å². The number of carbonyl (C=O) groups is 2. The Morgan fingerprint density at radius 2 is 1.58 bits per heavy atom. The van der Waals surface area contributed by atoms with E-state index >= 15 is 0 Å². The summed E-state index contributed by atoms with van der Waals surface area (Å²) in [5, 5.41) is 14.3. The number of nitrogens with one attached hydrogen (secondary N) is 2. The van der Waals surface area contributed by atoms with Gasteiger partial charge in [0.1, 0.15) is 17.1 Å². The molecule has 192 valence electrons. The zero-order chi connectivity index (χ0) is 26.1. The quantitative estimate of drug-likeness (QED) is 0.319. The smallest absolute Gasteiger partial charge is 0.407 e. The molecule has 2 aromatic carbocycles. The van der Waals surface area contributed by atoms with Crippen LogP contribution in [0.25, 0.3) is 0 Å². The second-order valence-electron chi connectivity index (χ2n) is 10.1. The molecule has 3 atom stereocenters. The molecule has 0 bridgehead atoms. The van der Waals surface area contributed by atoms with E-state index in [4.69, 9.17) is 4.74 Å². The number of amides is 1. The predicted octanol–water partition coefficient (Wildman–Crippen LogP) is 5.22. The van der Waals surface area contributed by atoms with Crippen molar-refractivity contribution in [2.24, 2.45) is 0 Å². The fourth-order valence-electron chi connectivity index (χ4n) is 4.13. The first-order chi connectivity index (χ1) is 17.1. The lowest BCUT2D eigenvalue weighted by atomic mass is 9.89. The van der Waals surface area contributed by atoms with Gasteiger partial charge in [-0.1, -0.05) is 67.6 Å². The molecule has 3 N–H and O–H groups in total. The Balaban J connectivity index is 1.84. The number of aliphatic hydroxyl groups is 1. The molecule has 0 fully saturated rings. The first-order valence-electron chi connectivity index (χ1n) is 12.5. The number of Topliss-reactive ketones (excluding diaryl/α,β-unsaturated/α-hetero) is 1. The van der Waals surface area contributed by atoms with Crippen molar-refractivity contribution in [3.63, 3.8) is 0 Å². The van der Waals surface area contributed by atoms with Gasteiger partial charge in [0.25, 0.3) is 0 Å². The molecular weight excluding hydrogens is 454 g/mol. The number of benzene rings is 2. The number of rotatable bonds is 11. The maximum absolute atomic E-state index is 12.6. The Labute approximate surface area is 213 Å². The van der Waals surface area contributed by atoms with Crippen LogP contribution >= 0.6 is 0 Å². The van der Waals surface area contributed by atoms with Crippen molar-refractivity contribution in [2.75, 3.05) is 0 Å². The molecule has 36 heavy (non-hydrogen) atoms. The van der Waals surface area contributed by atoms with Crippen LogP contribution < -0.4 is 5.32 Å². The highest BCUT2D eigenvalue weighted by Crippen LogP contribution is 2.26. The van der Waals surface area contributed by atoms with E-state index in [2.05, 4.69) is 15.3 Å². The number of aromatic nitrogens is 2. The van der Waals surface area contributed by atoms with Crippen LogP contribution in [0.1, 0.15) is 73.9 Å². The number of hydrogen-bond acceptors (Lipinski definition) is 5. The minimum Gasteiger partial charge on any atom is -0.444 e. The van der Waals surface area contributed by atoms with Gasteiger partial charge < -0.3 is 20.1 Å². The Kier molecular flexibility index (Phi) is 9.42. The van der Waals surface area contributed by atoms with E-state index in [1.807, 2.05) is 67.6 Å². The van der Waals surface area contributed by atoms with Gasteiger partial charge in [0.2, 0.25) is 0 Å². The van der Waals surface area contributed by atoms with E-state index in [1.165, 1.54) is 0 Å². The predicted molar refractivity (Wildman–Crippen MR) is 140 cm³/mol. The van der Waals surface area contributed by atoms with Gasteiger partial charge in [0.05, 0.1) is 18.3 Å². The van der Waals surface area contributed by atoms with Gasteiger partial charge in [-0.3, -0.25) is 4.79 Å². The van der Waals surface area contributed by atoms with Gasteiger partial charge in [-0.2, -0.15) is 0 Å². The molecule has 3 aromatic rings. The summed E-state index contributed by atoms with van der Waals surface area (Å²) in [7, 11) is 0. The molecule has 1 amide bonds. The molecule has 3 rings (SSSR count). The van der Waals surface area contributed by atoms with Crippen molar-refractivity contribution < 1.29 is 19.4 Å². The number of aromatic amines is 1. The van der Waals surface area contributed by atoms with Crippen molar-refractivity contribution in [1.29, 1.82) is 0 Å². The lowest BCUT2D eigenvalue weighted by Gasteiger charge is -2.29. The number of ketones is 1. The van der Waals surface area contributed by atoms with Crippen LogP contribution in [0.15, 0.2) is 66.9 Å². The van der Waals surface area contributed by atoms with Gasteiger partial charge in [-0.25, -0.2) is 9.78 Å². The zero-order valence-corrected chi connectivity index (χ0v) is 21.5. The highest BCUT2D eigenvalue weighted by atomic mass is 16.6. The summed E-state index contributed by atoms with van der Waals surface area (Å²) in [5.74, 6) is 0.436. The summed E-state index contributed by atoms with van der Waals surface area (Å²) in [6.07, 6.45) is 1.87. The lowest BCUT2D eigenvalue weighted by Crippen LogP contribution is -2.47. The summed E-state index contributed by atoms with van der Waals surface area (Å²) < 4.78 is 5.47. The SMILES string of the molecule is CCC(=O)c1cnc([C@H](Cc2ccccc2)C[C@H](O)[C@@H](Cc2ccccc2)NC(=O)OC(C)(C)C)[nH]1. The monoisotopic (exact) mass is 491 g/mol. The minimum absolute atomic E-state index is 0.0127. The lowest BCUT2D eigenvalue weighted by molar-refractivity contribution is 0.0404. The Morgan fingerprint density at radius 1 is 1.00 bits per heavy atom. The molecule has 1 heterocycles. The second kappa shape index (κ2) is 12.5. The molecule has 0 aliphatic rings. The largest absolute Gasteiger partial charge is 0.444 e. The second-order valence-corrected chi connectivity index (χ2v) is 10.1. The Morgan fingerprint density at radius 3 is 2.14 bits per heavy atom. The van der Waals surface area contributed by atoms with Crippen LogP contribution in [-0.2, 0) is 17.6 Å². The van der Waals surface area contributed by atoms with Crippen molar-refractivity contribution in [1.82, 2.24) is 15.3 Å². The highest BCUT2D eigenvalue weighted by Gasteiger charge is 2.29. The zero-order valence-electron chi connectivity index (χ0n) is 21.5. The number of H-pyrrole nitrogens is 1. The number of carbonyl (C=O) groups excluding carboxylic acids is 2. The number of alkyl carbamates (subject to hydrolysis) is 1. The number of imidazole rings is 1. The third kappa shape index (κ3) is 8.34. The minimum atomic E-state index is -0.887. The summed E-state index contributed by atoms with van der Waals surface area (Å²) in [6, 6.07) is 19.1. The summed E-state index contributed by atoms with van der Waals surface area (Å²) >= 11 is 0. The molecule has 0 aliphatic heterocycles. The molecule has 0 radical (unpaired) electrons. The molecule has 0 spiro atoms. The first kappa shape index (κ1) is 27.1. The van der Waals surface area contributed by atoms with Gasteiger partial charge in [0.15, 0.2) is 5.78 Å². The molecule has 0 unspecified atom stereocenters. The maximum atomic E-state index is 12.6. The van der Waals surface area contributed by atoms with Crippen molar-refractivity contribution in [3.05, 3.63) is 89.5 Å². The average Bonchev–Trinajstić information content (AvgIpc) is 3.33. The van der Waals surface area contributed by atoms with E-state index in [-0.39, 0.29) is 11.7 Å². The van der Waals surface area contributed by atoms with E-state index in [0.717, 1.165) is 11.1 Å². The van der Waals surface area contributed by atoms with Crippen LogP contribution in [0.5, 0.6) is 0 Å². The van der Waals surface area contributed by atoms with E-state index in [9.17, 15) is 14.7 Å². The van der Waals surface area contributed by atoms with E-state index in [1.54, 1.807) is 27.0 Å². The van der Waals surface area contributed by atoms with Crippen LogP contribution in [0.3, 0.4) is 0 Å². The molecule has 0 aliphatic carbocycles. The molecule has 7 heteroatoms. The van der Waals surface area contributed by atoms with Gasteiger partial charge >= 0.3 is 6.09 Å².